The van der Waals surface area contributed by atoms with E-state index in [1.807, 2.05) is 0 Å². The lowest BCUT2D eigenvalue weighted by molar-refractivity contribution is -0.159. The third-order valence-corrected chi connectivity index (χ3v) is 5.69. The molecule has 13 nitrogen and oxygen atoms in total. The summed E-state index contributed by atoms with van der Waals surface area (Å²) in [6.45, 7) is 15.8. The maximum absolute atomic E-state index is 13.1. The summed E-state index contributed by atoms with van der Waals surface area (Å²) in [5.74, 6) is 1.03. The van der Waals surface area contributed by atoms with Crippen LogP contribution >= 0.6 is 0 Å². The number of carbonyl (C=O) groups excluding carboxylic acids is 5. The number of hydrogen-bond acceptors (Lipinski definition) is 9. The number of nitrogens with one attached hydrogen (secondary N) is 4. The second kappa shape index (κ2) is 18.6. The van der Waals surface area contributed by atoms with Gasteiger partial charge in [0.15, 0.2) is 0 Å². The third kappa shape index (κ3) is 19.6. The van der Waals surface area contributed by atoms with Crippen LogP contribution in [0.2, 0.25) is 0 Å². The van der Waals surface area contributed by atoms with Gasteiger partial charge in [-0.15, -0.1) is 6.42 Å². The average Bonchev–Trinajstić information content (AvgIpc) is 2.91. The van der Waals surface area contributed by atoms with Crippen LogP contribution in [0.5, 0.6) is 5.75 Å². The van der Waals surface area contributed by atoms with Crippen LogP contribution in [0, 0.1) is 12.3 Å². The Bertz CT molecular complexity index is 1240. The summed E-state index contributed by atoms with van der Waals surface area (Å²) in [6, 6.07) is 3.26. The van der Waals surface area contributed by atoms with E-state index in [0.717, 1.165) is 0 Å². The second-order valence-electron chi connectivity index (χ2n) is 13.8. The Morgan fingerprint density at radius 2 is 1.23 bits per heavy atom. The van der Waals surface area contributed by atoms with Gasteiger partial charge in [0.2, 0.25) is 0 Å². The van der Waals surface area contributed by atoms with E-state index in [4.69, 9.17) is 25.4 Å². The number of hydrogen-bond donors (Lipinski definition) is 4. The van der Waals surface area contributed by atoms with Crippen molar-refractivity contribution in [2.45, 2.75) is 123 Å². The lowest BCUT2D eigenvalue weighted by Crippen LogP contribution is -2.53. The Hall–Kier alpha value is -4.47. The number of urea groups is 2. The molecule has 0 aliphatic rings. The van der Waals surface area contributed by atoms with Gasteiger partial charge >= 0.3 is 30.0 Å². The SMILES string of the molecule is C#CCOc1ccc(NC(=O)NCCCC[C@H](NC(=O)N[C@@H](CCC(=O)OC(C)(C)C)C(=O)OC(C)(C)C)C(=O)OC(C)(C)C)cc1. The lowest BCUT2D eigenvalue weighted by atomic mass is 10.1. The lowest BCUT2D eigenvalue weighted by Gasteiger charge is -2.27. The van der Waals surface area contributed by atoms with E-state index in [0.29, 0.717) is 30.8 Å². The van der Waals surface area contributed by atoms with E-state index in [2.05, 4.69) is 27.2 Å². The highest BCUT2D eigenvalue weighted by Crippen LogP contribution is 2.17. The number of esters is 3. The molecule has 47 heavy (non-hydrogen) atoms. The van der Waals surface area contributed by atoms with Gasteiger partial charge in [0.25, 0.3) is 0 Å². The highest BCUT2D eigenvalue weighted by molar-refractivity contribution is 5.89. The van der Waals surface area contributed by atoms with Crippen molar-refractivity contribution in [2.24, 2.45) is 0 Å². The van der Waals surface area contributed by atoms with Gasteiger partial charge in [0.05, 0.1) is 0 Å². The number of rotatable bonds is 15. The molecule has 2 atom stereocenters. The zero-order valence-electron chi connectivity index (χ0n) is 29.2. The number of terminal acetylenes is 1. The first kappa shape index (κ1) is 40.6. The molecule has 0 fully saturated rings. The minimum atomic E-state index is -1.18. The van der Waals surface area contributed by atoms with Crippen LogP contribution in [0.4, 0.5) is 15.3 Å². The van der Waals surface area contributed by atoms with Crippen molar-refractivity contribution in [3.8, 4) is 18.1 Å². The number of amides is 4. The standard InChI is InChI=1S/C34H52N4O9/c1-11-22-44-24-17-15-23(16-18-24)36-30(42)35-21-13-12-14-25(28(40)46-33(5,6)7)37-31(43)38-26(29(41)47-34(8,9)10)19-20-27(39)45-32(2,3)4/h1,15-18,25-26H,12-14,19-22H2,2-10H3,(H2,35,36,42)(H2,37,38,43)/t25-,26-/m0/s1. The molecule has 1 aromatic carbocycles. The van der Waals surface area contributed by atoms with Crippen LogP contribution in [0.15, 0.2) is 24.3 Å². The fourth-order valence-electron chi connectivity index (χ4n) is 3.87. The molecule has 0 aliphatic carbocycles. The van der Waals surface area contributed by atoms with Gasteiger partial charge in [0.1, 0.15) is 41.2 Å². The quantitative estimate of drug-likeness (QED) is 0.0890. The number of benzene rings is 1. The molecule has 4 amide bonds. The summed E-state index contributed by atoms with van der Waals surface area (Å²) < 4.78 is 21.6. The summed E-state index contributed by atoms with van der Waals surface area (Å²) in [4.78, 5) is 63.6. The minimum Gasteiger partial charge on any atom is -0.481 e. The smallest absolute Gasteiger partial charge is 0.329 e. The van der Waals surface area contributed by atoms with Crippen molar-refractivity contribution in [2.75, 3.05) is 18.5 Å². The maximum Gasteiger partial charge on any atom is 0.329 e. The molecule has 4 N–H and O–H groups in total. The minimum absolute atomic E-state index is 0.0776. The molecule has 0 heterocycles. The van der Waals surface area contributed by atoms with E-state index >= 15 is 0 Å². The van der Waals surface area contributed by atoms with Crippen LogP contribution in [0.25, 0.3) is 0 Å². The normalized spacial score (nSPS) is 12.8. The van der Waals surface area contributed by atoms with E-state index < -0.39 is 58.9 Å². The number of carbonyl (C=O) groups is 5. The van der Waals surface area contributed by atoms with Crippen LogP contribution in [-0.2, 0) is 28.6 Å². The average molecular weight is 661 g/mol. The van der Waals surface area contributed by atoms with Crippen molar-refractivity contribution in [3.05, 3.63) is 24.3 Å². The van der Waals surface area contributed by atoms with Gasteiger partial charge in [-0.05, 0) is 112 Å². The molecule has 0 saturated carbocycles. The van der Waals surface area contributed by atoms with Gasteiger partial charge in [-0.2, -0.15) is 0 Å². The van der Waals surface area contributed by atoms with E-state index in [-0.39, 0.29) is 25.9 Å². The second-order valence-corrected chi connectivity index (χ2v) is 13.8. The summed E-state index contributed by atoms with van der Waals surface area (Å²) in [5.41, 5.74) is -1.81. The monoisotopic (exact) mass is 660 g/mol. The molecule has 0 aliphatic heterocycles. The van der Waals surface area contributed by atoms with E-state index in [9.17, 15) is 24.0 Å². The van der Waals surface area contributed by atoms with Crippen LogP contribution in [-0.4, -0.2) is 72.0 Å². The van der Waals surface area contributed by atoms with Crippen LogP contribution in [0.3, 0.4) is 0 Å². The Morgan fingerprint density at radius 1 is 0.723 bits per heavy atom. The fraction of sp³-hybridized carbons (Fsp3) is 0.618. The highest BCUT2D eigenvalue weighted by Gasteiger charge is 2.31. The van der Waals surface area contributed by atoms with Gasteiger partial charge in [0, 0.05) is 18.7 Å². The summed E-state index contributed by atoms with van der Waals surface area (Å²) in [7, 11) is 0. The van der Waals surface area contributed by atoms with Crippen molar-refractivity contribution in [1.82, 2.24) is 16.0 Å². The highest BCUT2D eigenvalue weighted by atomic mass is 16.6. The Labute approximate surface area is 278 Å². The largest absolute Gasteiger partial charge is 0.481 e. The summed E-state index contributed by atoms with van der Waals surface area (Å²) in [6.07, 6.45) is 6.08. The molecule has 0 unspecified atom stereocenters. The predicted octanol–water partition coefficient (Wildman–Crippen LogP) is 4.83. The Kier molecular flexibility index (Phi) is 16.1. The third-order valence-electron chi connectivity index (χ3n) is 5.69. The van der Waals surface area contributed by atoms with Gasteiger partial charge in [-0.25, -0.2) is 19.2 Å². The molecule has 262 valence electrons. The maximum atomic E-state index is 13.1. The molecule has 1 rings (SSSR count). The number of anilines is 1. The first-order chi connectivity index (χ1) is 21.7. The van der Waals surface area contributed by atoms with Crippen molar-refractivity contribution in [3.63, 3.8) is 0 Å². The van der Waals surface area contributed by atoms with Gasteiger partial charge in [-0.3, -0.25) is 4.79 Å². The number of unbranched alkanes of at least 4 members (excludes halogenated alkanes) is 1. The first-order valence-electron chi connectivity index (χ1n) is 15.6. The molecule has 0 radical (unpaired) electrons. The zero-order valence-corrected chi connectivity index (χ0v) is 29.2. The zero-order chi connectivity index (χ0) is 35.8. The molecule has 13 heteroatoms. The molecule has 0 aromatic heterocycles. The molecular formula is C34H52N4O9. The van der Waals surface area contributed by atoms with Crippen molar-refractivity contribution < 1.29 is 42.9 Å². The Morgan fingerprint density at radius 3 is 1.72 bits per heavy atom. The van der Waals surface area contributed by atoms with Crippen molar-refractivity contribution >= 4 is 35.7 Å². The van der Waals surface area contributed by atoms with Crippen LogP contribution in [0.1, 0.15) is 94.4 Å². The fourth-order valence-corrected chi connectivity index (χ4v) is 3.87. The molecule has 0 saturated heterocycles. The predicted molar refractivity (Wildman–Crippen MR) is 178 cm³/mol. The Balaban J connectivity index is 2.79. The van der Waals surface area contributed by atoms with E-state index in [1.165, 1.54) is 0 Å². The molecule has 1 aromatic rings. The first-order valence-corrected chi connectivity index (χ1v) is 15.6. The topological polar surface area (TPSA) is 170 Å². The number of ether oxygens (including phenoxy) is 4. The van der Waals surface area contributed by atoms with Crippen LogP contribution < -0.4 is 26.0 Å². The van der Waals surface area contributed by atoms with Crippen molar-refractivity contribution in [1.29, 1.82) is 0 Å². The molecular weight excluding hydrogens is 608 g/mol. The summed E-state index contributed by atoms with van der Waals surface area (Å²) >= 11 is 0. The van der Waals surface area contributed by atoms with E-state index in [1.54, 1.807) is 86.6 Å². The molecule has 0 spiro atoms. The molecule has 0 bridgehead atoms. The van der Waals surface area contributed by atoms with Gasteiger partial charge < -0.3 is 40.2 Å². The summed E-state index contributed by atoms with van der Waals surface area (Å²) in [5, 5.41) is 10.6. The van der Waals surface area contributed by atoms with Gasteiger partial charge in [-0.1, -0.05) is 5.92 Å².